The Balaban J connectivity index is 1.95. The van der Waals surface area contributed by atoms with Crippen LogP contribution in [0.5, 0.6) is 0 Å². The summed E-state index contributed by atoms with van der Waals surface area (Å²) in [6.45, 7) is 2.07. The molecule has 0 saturated carbocycles. The van der Waals surface area contributed by atoms with Crippen LogP contribution < -0.4 is 11.1 Å². The largest absolute Gasteiger partial charge is 0.384 e. The summed E-state index contributed by atoms with van der Waals surface area (Å²) in [6.07, 6.45) is 1.43. The van der Waals surface area contributed by atoms with Gasteiger partial charge >= 0.3 is 0 Å². The molecule has 3 aromatic rings. The number of fused-ring (bicyclic) bond motifs is 1. The van der Waals surface area contributed by atoms with Gasteiger partial charge < -0.3 is 11.1 Å². The van der Waals surface area contributed by atoms with Crippen molar-refractivity contribution < 1.29 is 0 Å². The molecule has 2 heterocycles. The summed E-state index contributed by atoms with van der Waals surface area (Å²) in [6, 6.07) is 7.86. The minimum atomic E-state index is 0.435. The highest BCUT2D eigenvalue weighted by molar-refractivity contribution is 7.22. The van der Waals surface area contributed by atoms with E-state index in [9.17, 15) is 0 Å². The van der Waals surface area contributed by atoms with Crippen LogP contribution in [0.4, 0.5) is 16.8 Å². The molecule has 0 fully saturated rings. The van der Waals surface area contributed by atoms with Crippen molar-refractivity contribution in [2.45, 2.75) is 6.92 Å². The van der Waals surface area contributed by atoms with Gasteiger partial charge in [-0.05, 0) is 24.6 Å². The summed E-state index contributed by atoms with van der Waals surface area (Å²) >= 11 is 1.59. The molecule has 1 aromatic carbocycles. The Labute approximate surface area is 108 Å². The first-order valence-electron chi connectivity index (χ1n) is 5.42. The first-order valence-corrected chi connectivity index (χ1v) is 6.24. The Bertz CT molecular complexity index is 707. The van der Waals surface area contributed by atoms with Crippen molar-refractivity contribution in [2.75, 3.05) is 11.1 Å². The van der Waals surface area contributed by atoms with Crippen LogP contribution in [-0.2, 0) is 0 Å². The number of anilines is 3. The lowest BCUT2D eigenvalue weighted by Crippen LogP contribution is -1.96. The Hall–Kier alpha value is -2.21. The van der Waals surface area contributed by atoms with Gasteiger partial charge in [0.15, 0.2) is 5.13 Å². The SMILES string of the molecule is Cc1ccc2nc(Nc3cc(N)ncn3)sc2c1. The second-order valence-corrected chi connectivity index (χ2v) is 4.97. The number of aromatic nitrogens is 3. The van der Waals surface area contributed by atoms with Crippen molar-refractivity contribution in [1.82, 2.24) is 15.0 Å². The van der Waals surface area contributed by atoms with Gasteiger partial charge in [0.05, 0.1) is 10.2 Å². The fourth-order valence-corrected chi connectivity index (χ4v) is 2.61. The van der Waals surface area contributed by atoms with Crippen LogP contribution in [0.25, 0.3) is 10.2 Å². The van der Waals surface area contributed by atoms with Crippen LogP contribution in [0.1, 0.15) is 5.56 Å². The summed E-state index contributed by atoms with van der Waals surface area (Å²) in [4.78, 5) is 12.4. The second-order valence-electron chi connectivity index (χ2n) is 3.94. The minimum absolute atomic E-state index is 0.435. The first kappa shape index (κ1) is 10.9. The molecule has 0 aliphatic carbocycles. The molecule has 0 radical (unpaired) electrons. The van der Waals surface area contributed by atoms with Crippen LogP contribution in [0.3, 0.4) is 0 Å². The molecule has 0 amide bonds. The summed E-state index contributed by atoms with van der Waals surface area (Å²) in [5.41, 5.74) is 7.81. The van der Waals surface area contributed by atoms with E-state index in [-0.39, 0.29) is 0 Å². The van der Waals surface area contributed by atoms with E-state index < -0.39 is 0 Å². The predicted octanol–water partition coefficient (Wildman–Crippen LogP) is 2.72. The van der Waals surface area contributed by atoms with Crippen molar-refractivity contribution in [3.05, 3.63) is 36.2 Å². The van der Waals surface area contributed by atoms with Gasteiger partial charge in [0, 0.05) is 6.07 Å². The number of benzene rings is 1. The average Bonchev–Trinajstić information content (AvgIpc) is 2.70. The quantitative estimate of drug-likeness (QED) is 0.738. The van der Waals surface area contributed by atoms with Gasteiger partial charge in [-0.3, -0.25) is 0 Å². The molecular formula is C12H11N5S. The van der Waals surface area contributed by atoms with Gasteiger partial charge in [-0.2, -0.15) is 0 Å². The van der Waals surface area contributed by atoms with Gasteiger partial charge in [0.1, 0.15) is 18.0 Å². The highest BCUT2D eigenvalue weighted by atomic mass is 32.1. The van der Waals surface area contributed by atoms with Crippen molar-refractivity contribution in [1.29, 1.82) is 0 Å². The summed E-state index contributed by atoms with van der Waals surface area (Å²) in [5.74, 6) is 1.09. The molecule has 5 nitrogen and oxygen atoms in total. The zero-order valence-electron chi connectivity index (χ0n) is 9.71. The maximum atomic E-state index is 5.60. The predicted molar refractivity (Wildman–Crippen MR) is 74.1 cm³/mol. The number of hydrogen-bond donors (Lipinski definition) is 2. The molecule has 0 atom stereocenters. The molecule has 2 aromatic heterocycles. The van der Waals surface area contributed by atoms with Crippen LogP contribution in [-0.4, -0.2) is 15.0 Å². The lowest BCUT2D eigenvalue weighted by molar-refractivity contribution is 1.17. The first-order chi connectivity index (χ1) is 8.70. The number of nitrogens with two attached hydrogens (primary N) is 1. The molecule has 3 rings (SSSR count). The van der Waals surface area contributed by atoms with E-state index in [1.165, 1.54) is 11.9 Å². The number of thiazole rings is 1. The lowest BCUT2D eigenvalue weighted by atomic mass is 10.2. The Morgan fingerprint density at radius 3 is 2.94 bits per heavy atom. The van der Waals surface area contributed by atoms with E-state index in [2.05, 4.69) is 39.3 Å². The lowest BCUT2D eigenvalue weighted by Gasteiger charge is -2.00. The van der Waals surface area contributed by atoms with E-state index in [4.69, 9.17) is 5.73 Å². The van der Waals surface area contributed by atoms with E-state index in [1.54, 1.807) is 17.4 Å². The third kappa shape index (κ3) is 2.10. The van der Waals surface area contributed by atoms with Crippen molar-refractivity contribution in [3.63, 3.8) is 0 Å². The highest BCUT2D eigenvalue weighted by Crippen LogP contribution is 2.28. The minimum Gasteiger partial charge on any atom is -0.384 e. The number of nitrogen functional groups attached to an aromatic ring is 1. The molecule has 0 bridgehead atoms. The monoisotopic (exact) mass is 257 g/mol. The smallest absolute Gasteiger partial charge is 0.189 e. The topological polar surface area (TPSA) is 76.7 Å². The molecule has 0 aliphatic heterocycles. The molecule has 3 N–H and O–H groups in total. The van der Waals surface area contributed by atoms with Crippen molar-refractivity contribution >= 4 is 38.3 Å². The normalized spacial score (nSPS) is 10.7. The summed E-state index contributed by atoms with van der Waals surface area (Å²) < 4.78 is 1.15. The number of hydrogen-bond acceptors (Lipinski definition) is 6. The fraction of sp³-hybridized carbons (Fsp3) is 0.0833. The fourth-order valence-electron chi connectivity index (χ4n) is 1.64. The molecule has 90 valence electrons. The third-order valence-electron chi connectivity index (χ3n) is 2.47. The molecule has 0 aliphatic rings. The molecule has 0 spiro atoms. The Morgan fingerprint density at radius 2 is 2.11 bits per heavy atom. The average molecular weight is 257 g/mol. The molecule has 6 heteroatoms. The summed E-state index contributed by atoms with van der Waals surface area (Å²) in [7, 11) is 0. The molecular weight excluding hydrogens is 246 g/mol. The van der Waals surface area contributed by atoms with E-state index in [0.29, 0.717) is 11.6 Å². The van der Waals surface area contributed by atoms with Gasteiger partial charge in [-0.1, -0.05) is 17.4 Å². The van der Waals surface area contributed by atoms with Crippen LogP contribution in [0.2, 0.25) is 0 Å². The number of rotatable bonds is 2. The number of aryl methyl sites for hydroxylation is 1. The Morgan fingerprint density at radius 1 is 1.22 bits per heavy atom. The standard InChI is InChI=1S/C12H11N5S/c1-7-2-3-8-9(4-7)18-12(16-8)17-11-5-10(13)14-6-15-11/h2-6H,1H3,(H3,13,14,15,16,17). The number of nitrogens with zero attached hydrogens (tertiary/aromatic N) is 3. The molecule has 0 unspecified atom stereocenters. The maximum absolute atomic E-state index is 5.60. The second kappa shape index (κ2) is 4.23. The van der Waals surface area contributed by atoms with Crippen LogP contribution in [0.15, 0.2) is 30.6 Å². The zero-order chi connectivity index (χ0) is 12.5. The van der Waals surface area contributed by atoms with Gasteiger partial charge in [0.25, 0.3) is 0 Å². The van der Waals surface area contributed by atoms with Crippen LogP contribution in [0, 0.1) is 6.92 Å². The van der Waals surface area contributed by atoms with E-state index >= 15 is 0 Å². The Kier molecular flexibility index (Phi) is 2.56. The van der Waals surface area contributed by atoms with Crippen LogP contribution >= 0.6 is 11.3 Å². The molecule has 18 heavy (non-hydrogen) atoms. The van der Waals surface area contributed by atoms with Crippen molar-refractivity contribution in [3.8, 4) is 0 Å². The van der Waals surface area contributed by atoms with Gasteiger partial charge in [-0.25, -0.2) is 15.0 Å². The van der Waals surface area contributed by atoms with Gasteiger partial charge in [0.2, 0.25) is 0 Å². The van der Waals surface area contributed by atoms with Gasteiger partial charge in [-0.15, -0.1) is 0 Å². The summed E-state index contributed by atoms with van der Waals surface area (Å²) in [5, 5.41) is 3.93. The highest BCUT2D eigenvalue weighted by Gasteiger charge is 2.05. The van der Waals surface area contributed by atoms with E-state index in [1.807, 2.05) is 6.07 Å². The zero-order valence-corrected chi connectivity index (χ0v) is 10.5. The third-order valence-corrected chi connectivity index (χ3v) is 3.40. The number of nitrogens with one attached hydrogen (secondary N) is 1. The molecule has 0 saturated heterocycles. The maximum Gasteiger partial charge on any atom is 0.189 e. The van der Waals surface area contributed by atoms with Crippen molar-refractivity contribution in [2.24, 2.45) is 0 Å². The van der Waals surface area contributed by atoms with E-state index in [0.717, 1.165) is 15.3 Å².